The third-order valence-electron chi connectivity index (χ3n) is 4.58. The van der Waals surface area contributed by atoms with Crippen LogP contribution in [0.3, 0.4) is 0 Å². The zero-order valence-electron chi connectivity index (χ0n) is 13.5. The summed E-state index contributed by atoms with van der Waals surface area (Å²) in [6.07, 6.45) is 5.19. The van der Waals surface area contributed by atoms with Crippen molar-refractivity contribution in [2.75, 3.05) is 13.2 Å². The van der Waals surface area contributed by atoms with Crippen LogP contribution in [0, 0.1) is 11.8 Å². The van der Waals surface area contributed by atoms with Gasteiger partial charge in [-0.15, -0.1) is 0 Å². The predicted molar refractivity (Wildman–Crippen MR) is 92.9 cm³/mol. The Morgan fingerprint density at radius 1 is 1.33 bits per heavy atom. The van der Waals surface area contributed by atoms with Crippen molar-refractivity contribution in [2.45, 2.75) is 52.5 Å². The first-order chi connectivity index (χ1) is 10.2. The van der Waals surface area contributed by atoms with Gasteiger partial charge in [0.05, 0.1) is 6.61 Å². The van der Waals surface area contributed by atoms with Gasteiger partial charge in [-0.2, -0.15) is 0 Å². The van der Waals surface area contributed by atoms with Gasteiger partial charge < -0.3 is 10.1 Å². The molecule has 0 amide bonds. The molecule has 0 spiro atoms. The van der Waals surface area contributed by atoms with Gasteiger partial charge in [0.15, 0.2) is 0 Å². The van der Waals surface area contributed by atoms with Crippen LogP contribution in [0.2, 0.25) is 0 Å². The van der Waals surface area contributed by atoms with Crippen LogP contribution in [-0.4, -0.2) is 13.2 Å². The minimum Gasteiger partial charge on any atom is -0.494 e. The fraction of sp³-hybridized carbons (Fsp3) is 0.667. The summed E-state index contributed by atoms with van der Waals surface area (Å²) in [6, 6.07) is 6.82. The van der Waals surface area contributed by atoms with E-state index in [4.69, 9.17) is 4.74 Å². The predicted octanol–water partition coefficient (Wildman–Crippen LogP) is 5.32. The van der Waals surface area contributed by atoms with E-state index in [0.717, 1.165) is 35.7 Å². The lowest BCUT2D eigenvalue weighted by Crippen LogP contribution is -2.30. The number of ether oxygens (including phenoxy) is 1. The molecule has 0 aromatic heterocycles. The van der Waals surface area contributed by atoms with Gasteiger partial charge in [-0.25, -0.2) is 0 Å². The van der Waals surface area contributed by atoms with Crippen LogP contribution in [0.5, 0.6) is 5.75 Å². The molecule has 0 heterocycles. The van der Waals surface area contributed by atoms with Crippen LogP contribution >= 0.6 is 15.9 Å². The Kier molecular flexibility index (Phi) is 6.56. The van der Waals surface area contributed by atoms with Crippen molar-refractivity contribution in [1.82, 2.24) is 5.32 Å². The second kappa shape index (κ2) is 8.19. The third kappa shape index (κ3) is 4.23. The molecule has 1 aliphatic carbocycles. The molecule has 21 heavy (non-hydrogen) atoms. The Bertz CT molecular complexity index is 449. The van der Waals surface area contributed by atoms with Gasteiger partial charge in [0.25, 0.3) is 0 Å². The van der Waals surface area contributed by atoms with E-state index in [1.165, 1.54) is 24.8 Å². The molecule has 2 nitrogen and oxygen atoms in total. The van der Waals surface area contributed by atoms with Crippen LogP contribution in [0.15, 0.2) is 22.7 Å². The number of halogens is 1. The Morgan fingerprint density at radius 3 is 2.76 bits per heavy atom. The van der Waals surface area contributed by atoms with E-state index in [-0.39, 0.29) is 0 Å². The maximum Gasteiger partial charge on any atom is 0.124 e. The fourth-order valence-electron chi connectivity index (χ4n) is 3.51. The Morgan fingerprint density at radius 2 is 2.14 bits per heavy atom. The highest BCUT2D eigenvalue weighted by Crippen LogP contribution is 2.43. The highest BCUT2D eigenvalue weighted by Gasteiger charge is 2.33. The summed E-state index contributed by atoms with van der Waals surface area (Å²) >= 11 is 3.62. The molecule has 1 N–H and O–H groups in total. The lowest BCUT2D eigenvalue weighted by molar-refractivity contribution is 0.283. The first kappa shape index (κ1) is 16.8. The molecule has 3 heteroatoms. The van der Waals surface area contributed by atoms with Gasteiger partial charge in [0, 0.05) is 16.1 Å². The van der Waals surface area contributed by atoms with E-state index in [9.17, 15) is 0 Å². The van der Waals surface area contributed by atoms with Gasteiger partial charge in [-0.05, 0) is 56.3 Å². The first-order valence-corrected chi connectivity index (χ1v) is 9.12. The van der Waals surface area contributed by atoms with Crippen LogP contribution in [0.1, 0.15) is 58.1 Å². The third-order valence-corrected chi connectivity index (χ3v) is 5.07. The van der Waals surface area contributed by atoms with Crippen LogP contribution in [-0.2, 0) is 0 Å². The number of rotatable bonds is 7. The molecule has 3 atom stereocenters. The van der Waals surface area contributed by atoms with Gasteiger partial charge in [0.1, 0.15) is 5.75 Å². The molecular weight excluding hydrogens is 326 g/mol. The van der Waals surface area contributed by atoms with Crippen molar-refractivity contribution < 1.29 is 4.74 Å². The Balaban J connectivity index is 2.32. The molecule has 0 saturated heterocycles. The molecule has 2 rings (SSSR count). The summed E-state index contributed by atoms with van der Waals surface area (Å²) < 4.78 is 7.02. The Labute approximate surface area is 137 Å². The van der Waals surface area contributed by atoms with Crippen molar-refractivity contribution in [3.8, 4) is 5.75 Å². The normalized spacial score (nSPS) is 23.2. The second-order valence-corrected chi connectivity index (χ2v) is 7.03. The largest absolute Gasteiger partial charge is 0.494 e. The summed E-state index contributed by atoms with van der Waals surface area (Å²) in [5, 5.41) is 3.78. The fourth-order valence-corrected chi connectivity index (χ4v) is 3.89. The van der Waals surface area contributed by atoms with E-state index in [1.54, 1.807) is 0 Å². The highest BCUT2D eigenvalue weighted by atomic mass is 79.9. The van der Waals surface area contributed by atoms with E-state index < -0.39 is 0 Å². The summed E-state index contributed by atoms with van der Waals surface area (Å²) in [7, 11) is 0. The molecule has 0 aliphatic heterocycles. The highest BCUT2D eigenvalue weighted by molar-refractivity contribution is 9.10. The average molecular weight is 354 g/mol. The first-order valence-electron chi connectivity index (χ1n) is 8.33. The molecule has 1 saturated carbocycles. The van der Waals surface area contributed by atoms with Gasteiger partial charge in [-0.1, -0.05) is 42.6 Å². The average Bonchev–Trinajstić information content (AvgIpc) is 2.88. The molecule has 1 aromatic carbocycles. The molecular formula is C18H28BrNO. The molecule has 3 unspecified atom stereocenters. The molecule has 118 valence electrons. The van der Waals surface area contributed by atoms with Crippen molar-refractivity contribution in [1.29, 1.82) is 0 Å². The van der Waals surface area contributed by atoms with Gasteiger partial charge in [0.2, 0.25) is 0 Å². The maximum atomic E-state index is 5.89. The quantitative estimate of drug-likeness (QED) is 0.715. The summed E-state index contributed by atoms with van der Waals surface area (Å²) in [5.41, 5.74) is 1.32. The molecule has 0 radical (unpaired) electrons. The van der Waals surface area contributed by atoms with Crippen LogP contribution in [0.25, 0.3) is 0 Å². The molecule has 1 aromatic rings. The van der Waals surface area contributed by atoms with Crippen LogP contribution in [0.4, 0.5) is 0 Å². The minimum atomic E-state index is 0.404. The van der Waals surface area contributed by atoms with E-state index in [2.05, 4.69) is 60.2 Å². The number of nitrogens with one attached hydrogen (secondary N) is 1. The van der Waals surface area contributed by atoms with Crippen LogP contribution < -0.4 is 10.1 Å². The zero-order chi connectivity index (χ0) is 15.2. The van der Waals surface area contributed by atoms with Gasteiger partial charge >= 0.3 is 0 Å². The smallest absolute Gasteiger partial charge is 0.124 e. The van der Waals surface area contributed by atoms with E-state index in [0.29, 0.717) is 12.0 Å². The molecule has 1 aliphatic rings. The zero-order valence-corrected chi connectivity index (χ0v) is 15.1. The Hall–Kier alpha value is -0.540. The topological polar surface area (TPSA) is 21.3 Å². The number of benzene rings is 1. The van der Waals surface area contributed by atoms with E-state index in [1.807, 2.05) is 0 Å². The maximum absolute atomic E-state index is 5.89. The summed E-state index contributed by atoms with van der Waals surface area (Å²) in [6.45, 7) is 8.46. The minimum absolute atomic E-state index is 0.404. The summed E-state index contributed by atoms with van der Waals surface area (Å²) in [4.78, 5) is 0. The van der Waals surface area contributed by atoms with Crippen molar-refractivity contribution >= 4 is 15.9 Å². The van der Waals surface area contributed by atoms with Crippen molar-refractivity contribution in [2.24, 2.45) is 11.8 Å². The lowest BCUT2D eigenvalue weighted by Gasteiger charge is -2.30. The molecule has 1 fully saturated rings. The second-order valence-electron chi connectivity index (χ2n) is 6.12. The SMILES string of the molecule is CCCNC(c1cc(Br)ccc1OCC)C1CCCC1C. The van der Waals surface area contributed by atoms with Crippen molar-refractivity contribution in [3.05, 3.63) is 28.2 Å². The van der Waals surface area contributed by atoms with Crippen molar-refractivity contribution in [3.63, 3.8) is 0 Å². The lowest BCUT2D eigenvalue weighted by atomic mass is 9.85. The monoisotopic (exact) mass is 353 g/mol. The standard InChI is InChI=1S/C18H28BrNO/c1-4-11-20-18(15-8-6-7-13(15)3)16-12-14(19)9-10-17(16)21-5-2/h9-10,12-13,15,18,20H,4-8,11H2,1-3H3. The van der Waals surface area contributed by atoms with E-state index >= 15 is 0 Å². The number of hydrogen-bond acceptors (Lipinski definition) is 2. The molecule has 0 bridgehead atoms. The summed E-state index contributed by atoms with van der Waals surface area (Å²) in [5.74, 6) is 2.53. The van der Waals surface area contributed by atoms with Gasteiger partial charge in [-0.3, -0.25) is 0 Å². The number of hydrogen-bond donors (Lipinski definition) is 1.